The van der Waals surface area contributed by atoms with Crippen molar-refractivity contribution in [2.45, 2.75) is 25.8 Å². The van der Waals surface area contributed by atoms with Gasteiger partial charge in [-0.05, 0) is 31.9 Å². The van der Waals surface area contributed by atoms with Gasteiger partial charge in [0.15, 0.2) is 23.8 Å². The first-order valence-corrected chi connectivity index (χ1v) is 8.84. The van der Waals surface area contributed by atoms with Crippen molar-refractivity contribution in [2.75, 3.05) is 26.8 Å². The van der Waals surface area contributed by atoms with Gasteiger partial charge in [-0.15, -0.1) is 0 Å². The summed E-state index contributed by atoms with van der Waals surface area (Å²) in [4.78, 5) is 26.2. The molecule has 1 aliphatic heterocycles. The van der Waals surface area contributed by atoms with E-state index < -0.39 is 0 Å². The topological polar surface area (TPSA) is 93.9 Å². The normalized spacial score (nSPS) is 14.7. The van der Waals surface area contributed by atoms with E-state index in [4.69, 9.17) is 14.0 Å². The third kappa shape index (κ3) is 4.78. The SMILES string of the molecule is COc1ccccc1OCC(=O)NC1CCN(C(=O)c2cc(C)on2)CC1. The van der Waals surface area contributed by atoms with E-state index in [1.165, 1.54) is 0 Å². The van der Waals surface area contributed by atoms with Gasteiger partial charge in [0.25, 0.3) is 11.8 Å². The summed E-state index contributed by atoms with van der Waals surface area (Å²) in [5.41, 5.74) is 0.320. The number of amides is 2. The molecule has 27 heavy (non-hydrogen) atoms. The maximum atomic E-state index is 12.3. The minimum atomic E-state index is -0.196. The van der Waals surface area contributed by atoms with Gasteiger partial charge in [-0.1, -0.05) is 17.3 Å². The number of piperidine rings is 1. The number of benzene rings is 1. The number of aryl methyl sites for hydroxylation is 1. The second-order valence-electron chi connectivity index (χ2n) is 6.40. The van der Waals surface area contributed by atoms with E-state index >= 15 is 0 Å². The van der Waals surface area contributed by atoms with Crippen LogP contribution in [0.3, 0.4) is 0 Å². The molecule has 2 amide bonds. The molecular formula is C19H23N3O5. The number of para-hydroxylation sites is 2. The van der Waals surface area contributed by atoms with Crippen LogP contribution in [-0.4, -0.2) is 54.7 Å². The molecule has 1 aliphatic rings. The largest absolute Gasteiger partial charge is 0.493 e. The van der Waals surface area contributed by atoms with Gasteiger partial charge in [-0.25, -0.2) is 0 Å². The quantitative estimate of drug-likeness (QED) is 0.830. The zero-order valence-electron chi connectivity index (χ0n) is 15.4. The molecule has 1 N–H and O–H groups in total. The third-order valence-corrected chi connectivity index (χ3v) is 4.42. The highest BCUT2D eigenvalue weighted by molar-refractivity contribution is 5.92. The molecule has 8 nitrogen and oxygen atoms in total. The van der Waals surface area contributed by atoms with E-state index in [-0.39, 0.29) is 24.5 Å². The lowest BCUT2D eigenvalue weighted by atomic mass is 10.0. The molecule has 2 aromatic rings. The van der Waals surface area contributed by atoms with Crippen molar-refractivity contribution in [2.24, 2.45) is 0 Å². The first-order valence-electron chi connectivity index (χ1n) is 8.84. The van der Waals surface area contributed by atoms with Gasteiger partial charge < -0.3 is 24.2 Å². The molecule has 1 aromatic carbocycles. The van der Waals surface area contributed by atoms with E-state index in [2.05, 4.69) is 10.5 Å². The maximum Gasteiger partial charge on any atom is 0.276 e. The van der Waals surface area contributed by atoms with Crippen molar-refractivity contribution >= 4 is 11.8 Å². The molecule has 1 aromatic heterocycles. The first-order chi connectivity index (χ1) is 13.1. The summed E-state index contributed by atoms with van der Waals surface area (Å²) >= 11 is 0. The summed E-state index contributed by atoms with van der Waals surface area (Å²) in [5.74, 6) is 1.38. The molecule has 0 bridgehead atoms. The fourth-order valence-corrected chi connectivity index (χ4v) is 3.01. The molecule has 8 heteroatoms. The van der Waals surface area contributed by atoms with Crippen LogP contribution < -0.4 is 14.8 Å². The number of hydrogen-bond acceptors (Lipinski definition) is 6. The fraction of sp³-hybridized carbons (Fsp3) is 0.421. The lowest BCUT2D eigenvalue weighted by Crippen LogP contribution is -2.47. The van der Waals surface area contributed by atoms with E-state index in [0.29, 0.717) is 48.9 Å². The summed E-state index contributed by atoms with van der Waals surface area (Å²) in [6, 6.07) is 8.82. The Bertz CT molecular complexity index is 796. The van der Waals surface area contributed by atoms with Gasteiger partial charge in [-0.3, -0.25) is 9.59 Å². The number of nitrogens with one attached hydrogen (secondary N) is 1. The van der Waals surface area contributed by atoms with Crippen LogP contribution in [0.1, 0.15) is 29.1 Å². The predicted octanol–water partition coefficient (Wildman–Crippen LogP) is 1.79. The van der Waals surface area contributed by atoms with Crippen LogP contribution >= 0.6 is 0 Å². The van der Waals surface area contributed by atoms with Crippen LogP contribution in [0.5, 0.6) is 11.5 Å². The van der Waals surface area contributed by atoms with Crippen molar-refractivity contribution in [3.63, 3.8) is 0 Å². The number of nitrogens with zero attached hydrogens (tertiary/aromatic N) is 2. The Labute approximate surface area is 157 Å². The zero-order valence-corrected chi connectivity index (χ0v) is 15.4. The first kappa shape index (κ1) is 18.8. The maximum absolute atomic E-state index is 12.3. The molecule has 0 aliphatic carbocycles. The van der Waals surface area contributed by atoms with Gasteiger partial charge in [0.1, 0.15) is 5.76 Å². The van der Waals surface area contributed by atoms with Crippen molar-refractivity contribution < 1.29 is 23.6 Å². The number of methoxy groups -OCH3 is 1. The van der Waals surface area contributed by atoms with Crippen LogP contribution in [0, 0.1) is 6.92 Å². The lowest BCUT2D eigenvalue weighted by Gasteiger charge is -2.31. The summed E-state index contributed by atoms with van der Waals surface area (Å²) in [6.45, 7) is 2.78. The average Bonchev–Trinajstić information content (AvgIpc) is 3.13. The van der Waals surface area contributed by atoms with Gasteiger partial charge in [0.05, 0.1) is 7.11 Å². The van der Waals surface area contributed by atoms with E-state index in [9.17, 15) is 9.59 Å². The Kier molecular flexibility index (Phi) is 5.95. The minimum Gasteiger partial charge on any atom is -0.493 e. The van der Waals surface area contributed by atoms with Crippen LogP contribution in [0.4, 0.5) is 0 Å². The van der Waals surface area contributed by atoms with E-state index in [0.717, 1.165) is 0 Å². The molecule has 0 spiro atoms. The molecule has 0 atom stereocenters. The van der Waals surface area contributed by atoms with Crippen LogP contribution in [0.15, 0.2) is 34.9 Å². The highest BCUT2D eigenvalue weighted by atomic mass is 16.5. The van der Waals surface area contributed by atoms with Crippen molar-refractivity contribution in [1.29, 1.82) is 0 Å². The molecule has 0 unspecified atom stereocenters. The number of ether oxygens (including phenoxy) is 2. The molecule has 144 valence electrons. The monoisotopic (exact) mass is 373 g/mol. The zero-order chi connectivity index (χ0) is 19.2. The molecule has 1 saturated heterocycles. The fourth-order valence-electron chi connectivity index (χ4n) is 3.01. The number of likely N-dealkylation sites (tertiary alicyclic amines) is 1. The molecule has 0 radical (unpaired) electrons. The number of aromatic nitrogens is 1. The number of carbonyl (C=O) groups excluding carboxylic acids is 2. The van der Waals surface area contributed by atoms with Crippen molar-refractivity contribution in [3.05, 3.63) is 41.8 Å². The molecular weight excluding hydrogens is 350 g/mol. The van der Waals surface area contributed by atoms with Crippen LogP contribution in [-0.2, 0) is 4.79 Å². The molecule has 3 rings (SSSR count). The highest BCUT2D eigenvalue weighted by Crippen LogP contribution is 2.25. The Morgan fingerprint density at radius 2 is 1.96 bits per heavy atom. The molecule has 2 heterocycles. The molecule has 0 saturated carbocycles. The third-order valence-electron chi connectivity index (χ3n) is 4.42. The summed E-state index contributed by atoms with van der Waals surface area (Å²) in [7, 11) is 1.55. The van der Waals surface area contributed by atoms with Crippen molar-refractivity contribution in [3.8, 4) is 11.5 Å². The number of carbonyl (C=O) groups is 2. The Hall–Kier alpha value is -3.03. The standard InChI is InChI=1S/C19H23N3O5/c1-13-11-15(21-27-13)19(24)22-9-7-14(8-10-22)20-18(23)12-26-17-6-4-3-5-16(17)25-2/h3-6,11,14H,7-10,12H2,1-2H3,(H,20,23). The second-order valence-corrected chi connectivity index (χ2v) is 6.40. The smallest absolute Gasteiger partial charge is 0.276 e. The van der Waals surface area contributed by atoms with Crippen LogP contribution in [0.2, 0.25) is 0 Å². The number of hydrogen-bond donors (Lipinski definition) is 1. The van der Waals surface area contributed by atoms with Gasteiger partial charge >= 0.3 is 0 Å². The Morgan fingerprint density at radius 1 is 1.26 bits per heavy atom. The van der Waals surface area contributed by atoms with E-state index in [1.54, 1.807) is 37.1 Å². The summed E-state index contributed by atoms with van der Waals surface area (Å²) in [6.07, 6.45) is 1.37. The van der Waals surface area contributed by atoms with Gasteiger partial charge in [-0.2, -0.15) is 0 Å². The van der Waals surface area contributed by atoms with Gasteiger partial charge in [0.2, 0.25) is 0 Å². The van der Waals surface area contributed by atoms with Crippen LogP contribution in [0.25, 0.3) is 0 Å². The number of rotatable bonds is 6. The Balaban J connectivity index is 1.43. The average molecular weight is 373 g/mol. The molecule has 1 fully saturated rings. The highest BCUT2D eigenvalue weighted by Gasteiger charge is 2.26. The minimum absolute atomic E-state index is 0.0156. The Morgan fingerprint density at radius 3 is 2.59 bits per heavy atom. The van der Waals surface area contributed by atoms with E-state index in [1.807, 2.05) is 12.1 Å². The second kappa shape index (κ2) is 8.57. The lowest BCUT2D eigenvalue weighted by molar-refractivity contribution is -0.124. The summed E-state index contributed by atoms with van der Waals surface area (Å²) in [5, 5.41) is 6.72. The van der Waals surface area contributed by atoms with Gasteiger partial charge in [0, 0.05) is 25.2 Å². The summed E-state index contributed by atoms with van der Waals surface area (Å²) < 4.78 is 15.7. The predicted molar refractivity (Wildman–Crippen MR) is 96.8 cm³/mol. The van der Waals surface area contributed by atoms with Crippen molar-refractivity contribution in [1.82, 2.24) is 15.4 Å².